The number of hydrogen-bond acceptors (Lipinski definition) is 6. The van der Waals surface area contributed by atoms with Crippen LogP contribution in [0.3, 0.4) is 0 Å². The normalized spacial score (nSPS) is 14.6. The fourth-order valence-electron chi connectivity index (χ4n) is 1.39. The highest BCUT2D eigenvalue weighted by Crippen LogP contribution is 2.51. The summed E-state index contributed by atoms with van der Waals surface area (Å²) in [6.45, 7) is 4.89. The standard InChI is InChI=1S/C12H20F3O5PS2/c1-4-7-8(9(16)17)23-11(22)20-10(12(13,14)15)21(18-5-2)19-6-3/h8,10H,4-7H2,1-3H3,(H,16,17). The number of thioether (sulfide) groups is 1. The van der Waals surface area contributed by atoms with Gasteiger partial charge in [-0.05, 0) is 32.5 Å². The zero-order valence-corrected chi connectivity index (χ0v) is 15.5. The third kappa shape index (κ3) is 9.05. The van der Waals surface area contributed by atoms with E-state index < -0.39 is 36.0 Å². The fraction of sp³-hybridized carbons (Fsp3) is 0.833. The summed E-state index contributed by atoms with van der Waals surface area (Å²) in [5.41, 5.74) is 0. The van der Waals surface area contributed by atoms with Crippen LogP contribution in [0, 0.1) is 0 Å². The number of aliphatic carboxylic acids is 1. The maximum Gasteiger partial charge on any atom is 0.434 e. The summed E-state index contributed by atoms with van der Waals surface area (Å²) < 4.78 is 53.8. The van der Waals surface area contributed by atoms with Gasteiger partial charge in [0.05, 0.1) is 13.2 Å². The number of carboxylic acids is 1. The van der Waals surface area contributed by atoms with Crippen LogP contribution in [0.25, 0.3) is 0 Å². The lowest BCUT2D eigenvalue weighted by molar-refractivity contribution is -0.174. The third-order valence-corrected chi connectivity index (χ3v) is 5.46. The average molecular weight is 396 g/mol. The van der Waals surface area contributed by atoms with E-state index in [9.17, 15) is 18.0 Å². The maximum absolute atomic E-state index is 13.2. The number of ether oxygens (including phenoxy) is 1. The van der Waals surface area contributed by atoms with Gasteiger partial charge >= 0.3 is 12.1 Å². The first kappa shape index (κ1) is 22.9. The van der Waals surface area contributed by atoms with Crippen molar-refractivity contribution < 1.29 is 36.9 Å². The van der Waals surface area contributed by atoms with Crippen LogP contribution in [0.5, 0.6) is 0 Å². The molecule has 11 heteroatoms. The maximum atomic E-state index is 13.2. The lowest BCUT2D eigenvalue weighted by atomic mass is 10.2. The number of rotatable bonds is 10. The highest BCUT2D eigenvalue weighted by atomic mass is 32.2. The van der Waals surface area contributed by atoms with Gasteiger partial charge in [0.1, 0.15) is 5.25 Å². The molecule has 2 atom stereocenters. The van der Waals surface area contributed by atoms with Crippen LogP contribution < -0.4 is 0 Å². The van der Waals surface area contributed by atoms with Crippen molar-refractivity contribution in [1.29, 1.82) is 0 Å². The molecule has 0 fully saturated rings. The molecule has 0 rings (SSSR count). The third-order valence-electron chi connectivity index (χ3n) is 2.26. The lowest BCUT2D eigenvalue weighted by Gasteiger charge is -2.28. The van der Waals surface area contributed by atoms with Crippen LogP contribution in [0.1, 0.15) is 33.6 Å². The van der Waals surface area contributed by atoms with Gasteiger partial charge in [0.25, 0.3) is 5.85 Å². The van der Waals surface area contributed by atoms with Gasteiger partial charge in [-0.3, -0.25) is 4.79 Å². The van der Waals surface area contributed by atoms with Crippen LogP contribution in [0.2, 0.25) is 0 Å². The predicted octanol–water partition coefficient (Wildman–Crippen LogP) is 4.55. The van der Waals surface area contributed by atoms with Crippen LogP contribution in [0.4, 0.5) is 13.2 Å². The van der Waals surface area contributed by atoms with Gasteiger partial charge in [0, 0.05) is 0 Å². The predicted molar refractivity (Wildman–Crippen MR) is 87.6 cm³/mol. The molecule has 0 amide bonds. The Hall–Kier alpha value is -0.150. The minimum atomic E-state index is -4.75. The molecule has 0 heterocycles. The second-order valence-electron chi connectivity index (χ2n) is 4.12. The molecule has 0 aromatic rings. The van der Waals surface area contributed by atoms with Gasteiger partial charge in [-0.2, -0.15) is 13.2 Å². The second-order valence-corrected chi connectivity index (χ2v) is 7.48. The molecule has 0 aliphatic heterocycles. The molecule has 0 saturated heterocycles. The summed E-state index contributed by atoms with van der Waals surface area (Å²) in [4.78, 5) is 11.0. The Morgan fingerprint density at radius 1 is 1.26 bits per heavy atom. The van der Waals surface area contributed by atoms with E-state index in [2.05, 4.69) is 0 Å². The smallest absolute Gasteiger partial charge is 0.434 e. The SMILES string of the molecule is CCCC(SC(=S)OC(P(OCC)OCC)C(F)(F)F)C(=O)O. The van der Waals surface area contributed by atoms with Crippen LogP contribution in [0.15, 0.2) is 0 Å². The number of carbonyl (C=O) groups is 1. The van der Waals surface area contributed by atoms with Crippen LogP contribution in [-0.2, 0) is 18.6 Å². The first-order valence-electron chi connectivity index (χ1n) is 6.89. The quantitative estimate of drug-likeness (QED) is 0.429. The Bertz CT molecular complexity index is 378. The summed E-state index contributed by atoms with van der Waals surface area (Å²) >= 11 is 5.36. The van der Waals surface area contributed by atoms with Crippen molar-refractivity contribution in [3.63, 3.8) is 0 Å². The highest BCUT2D eigenvalue weighted by Gasteiger charge is 2.50. The van der Waals surface area contributed by atoms with Gasteiger partial charge in [0.15, 0.2) is 0 Å². The first-order chi connectivity index (χ1) is 10.7. The van der Waals surface area contributed by atoms with E-state index >= 15 is 0 Å². The van der Waals surface area contributed by atoms with Crippen molar-refractivity contribution in [3.05, 3.63) is 0 Å². The minimum Gasteiger partial charge on any atom is -0.480 e. The molecule has 1 N–H and O–H groups in total. The van der Waals surface area contributed by atoms with E-state index in [1.165, 1.54) is 13.8 Å². The molecule has 0 spiro atoms. The van der Waals surface area contributed by atoms with Gasteiger partial charge < -0.3 is 18.9 Å². The molecular weight excluding hydrogens is 376 g/mol. The van der Waals surface area contributed by atoms with Crippen molar-refractivity contribution in [2.45, 2.75) is 50.9 Å². The minimum absolute atomic E-state index is 0.0230. The topological polar surface area (TPSA) is 65.0 Å². The molecule has 0 radical (unpaired) electrons. The number of thiocarbonyl (C=S) groups is 1. The van der Waals surface area contributed by atoms with Crippen LogP contribution in [-0.4, -0.2) is 45.9 Å². The summed E-state index contributed by atoms with van der Waals surface area (Å²) in [5.74, 6) is -3.50. The van der Waals surface area contributed by atoms with Crippen molar-refractivity contribution in [2.75, 3.05) is 13.2 Å². The Morgan fingerprint density at radius 3 is 2.13 bits per heavy atom. The van der Waals surface area contributed by atoms with Gasteiger partial charge in [0.2, 0.25) is 12.8 Å². The summed E-state index contributed by atoms with van der Waals surface area (Å²) in [6.07, 6.45) is -3.92. The molecule has 0 bridgehead atoms. The average Bonchev–Trinajstić information content (AvgIpc) is 2.43. The molecule has 0 aromatic heterocycles. The van der Waals surface area contributed by atoms with E-state index in [1.807, 2.05) is 0 Å². The zero-order valence-electron chi connectivity index (χ0n) is 13.0. The van der Waals surface area contributed by atoms with Crippen molar-refractivity contribution in [1.82, 2.24) is 0 Å². The first-order valence-corrected chi connectivity index (χ1v) is 9.42. The molecule has 23 heavy (non-hydrogen) atoms. The van der Waals surface area contributed by atoms with E-state index in [1.54, 1.807) is 6.92 Å². The van der Waals surface area contributed by atoms with E-state index in [0.717, 1.165) is 0 Å². The largest absolute Gasteiger partial charge is 0.480 e. The monoisotopic (exact) mass is 396 g/mol. The molecule has 0 aliphatic carbocycles. The van der Waals surface area contributed by atoms with Crippen molar-refractivity contribution in [2.24, 2.45) is 0 Å². The lowest BCUT2D eigenvalue weighted by Crippen LogP contribution is -2.33. The molecule has 0 saturated carbocycles. The van der Waals surface area contributed by atoms with Gasteiger partial charge in [-0.25, -0.2) is 0 Å². The molecule has 5 nitrogen and oxygen atoms in total. The number of halogens is 3. The van der Waals surface area contributed by atoms with Crippen molar-refractivity contribution >= 4 is 42.7 Å². The summed E-state index contributed by atoms with van der Waals surface area (Å²) in [7, 11) is -2.39. The summed E-state index contributed by atoms with van der Waals surface area (Å²) in [6, 6.07) is 0. The fourth-order valence-corrected chi connectivity index (χ4v) is 4.10. The van der Waals surface area contributed by atoms with Gasteiger partial charge in [-0.15, -0.1) is 0 Å². The second kappa shape index (κ2) is 11.4. The molecule has 136 valence electrons. The Morgan fingerprint density at radius 2 is 1.78 bits per heavy atom. The Labute approximate surface area is 144 Å². The highest BCUT2D eigenvalue weighted by molar-refractivity contribution is 8.23. The zero-order chi connectivity index (χ0) is 18.0. The van der Waals surface area contributed by atoms with Gasteiger partial charge in [-0.1, -0.05) is 25.1 Å². The van der Waals surface area contributed by atoms with E-state index in [4.69, 9.17) is 31.1 Å². The van der Waals surface area contributed by atoms with Crippen LogP contribution >= 0.6 is 32.4 Å². The Kier molecular flexibility index (Phi) is 11.3. The molecule has 2 unspecified atom stereocenters. The number of carboxylic acid groups (broad SMARTS) is 1. The molecular formula is C12H20F3O5PS2. The molecule has 0 aliphatic rings. The molecule has 0 aromatic carbocycles. The number of hydrogen-bond donors (Lipinski definition) is 1. The van der Waals surface area contributed by atoms with Crippen molar-refractivity contribution in [3.8, 4) is 0 Å². The summed E-state index contributed by atoms with van der Waals surface area (Å²) in [5, 5.41) is 8.07. The Balaban J connectivity index is 5.01. The number of alkyl halides is 3. The van der Waals surface area contributed by atoms with E-state index in [0.29, 0.717) is 18.2 Å². The van der Waals surface area contributed by atoms with E-state index in [-0.39, 0.29) is 19.6 Å².